The maximum absolute atomic E-state index is 5.57. The van der Waals surface area contributed by atoms with E-state index >= 15 is 0 Å². The number of aromatic nitrogens is 7. The molecule has 10 nitrogen and oxygen atoms in total. The van der Waals surface area contributed by atoms with Crippen molar-refractivity contribution in [1.29, 1.82) is 0 Å². The Bertz CT molecular complexity index is 1030. The van der Waals surface area contributed by atoms with Crippen molar-refractivity contribution in [3.8, 4) is 11.3 Å². The number of nitrogens with two attached hydrogens (primary N) is 1. The first-order chi connectivity index (χ1) is 12.8. The zero-order valence-corrected chi connectivity index (χ0v) is 14.1. The van der Waals surface area contributed by atoms with E-state index in [0.29, 0.717) is 29.5 Å². The Morgan fingerprint density at radius 2 is 2.15 bits per heavy atom. The molecule has 0 aliphatic heterocycles. The number of hydrogen-bond donors (Lipinski definition) is 4. The SMILES string of the molecule is CCn1cc(-c2cnc(NN)c(NCc3[nH]nc4ncccc34)n2)cn1. The van der Waals surface area contributed by atoms with Gasteiger partial charge in [-0.05, 0) is 19.1 Å². The van der Waals surface area contributed by atoms with E-state index < -0.39 is 0 Å². The fraction of sp³-hybridized carbons (Fsp3) is 0.188. The van der Waals surface area contributed by atoms with Crippen LogP contribution in [0.3, 0.4) is 0 Å². The number of aromatic amines is 1. The molecule has 4 rings (SSSR count). The van der Waals surface area contributed by atoms with Crippen LogP contribution >= 0.6 is 0 Å². The molecule has 5 N–H and O–H groups in total. The minimum atomic E-state index is 0.457. The zero-order chi connectivity index (χ0) is 17.9. The molecule has 0 saturated carbocycles. The summed E-state index contributed by atoms with van der Waals surface area (Å²) in [5, 5.41) is 15.7. The van der Waals surface area contributed by atoms with Gasteiger partial charge in [0, 0.05) is 29.9 Å². The van der Waals surface area contributed by atoms with E-state index in [4.69, 9.17) is 5.84 Å². The number of hydrazine groups is 1. The highest BCUT2D eigenvalue weighted by Crippen LogP contribution is 2.23. The largest absolute Gasteiger partial charge is 0.361 e. The van der Waals surface area contributed by atoms with Crippen molar-refractivity contribution in [3.63, 3.8) is 0 Å². The molecule has 132 valence electrons. The van der Waals surface area contributed by atoms with Gasteiger partial charge in [-0.25, -0.2) is 20.8 Å². The number of fused-ring (bicyclic) bond motifs is 1. The molecule has 0 saturated heterocycles. The van der Waals surface area contributed by atoms with Gasteiger partial charge in [0.25, 0.3) is 0 Å². The number of nitrogen functional groups attached to an aromatic ring is 1. The lowest BCUT2D eigenvalue weighted by Gasteiger charge is -2.10. The van der Waals surface area contributed by atoms with Crippen LogP contribution in [-0.4, -0.2) is 34.9 Å². The van der Waals surface area contributed by atoms with Crippen LogP contribution in [0.15, 0.2) is 36.9 Å². The van der Waals surface area contributed by atoms with E-state index in [1.54, 1.807) is 18.6 Å². The van der Waals surface area contributed by atoms with Crippen molar-refractivity contribution >= 4 is 22.7 Å². The van der Waals surface area contributed by atoms with Gasteiger partial charge >= 0.3 is 0 Å². The molecule has 0 fully saturated rings. The normalized spacial score (nSPS) is 11.0. The minimum absolute atomic E-state index is 0.457. The van der Waals surface area contributed by atoms with Crippen LogP contribution in [0.5, 0.6) is 0 Å². The first kappa shape index (κ1) is 16.0. The lowest BCUT2D eigenvalue weighted by atomic mass is 10.2. The molecule has 4 heterocycles. The molecule has 10 heteroatoms. The molecular formula is C16H18N10. The predicted molar refractivity (Wildman–Crippen MR) is 98.0 cm³/mol. The van der Waals surface area contributed by atoms with Gasteiger partial charge in [-0.3, -0.25) is 9.78 Å². The van der Waals surface area contributed by atoms with Crippen LogP contribution in [-0.2, 0) is 13.1 Å². The molecule has 0 amide bonds. The average Bonchev–Trinajstić information content (AvgIpc) is 3.33. The smallest absolute Gasteiger partial charge is 0.183 e. The molecular weight excluding hydrogens is 332 g/mol. The monoisotopic (exact) mass is 350 g/mol. The molecule has 4 aromatic rings. The van der Waals surface area contributed by atoms with Crippen molar-refractivity contribution in [3.05, 3.63) is 42.6 Å². The summed E-state index contributed by atoms with van der Waals surface area (Å²) in [6, 6.07) is 3.84. The van der Waals surface area contributed by atoms with Crippen LogP contribution in [0.4, 0.5) is 11.6 Å². The third-order valence-electron chi connectivity index (χ3n) is 4.00. The Morgan fingerprint density at radius 1 is 1.23 bits per heavy atom. The topological polar surface area (TPSA) is 135 Å². The summed E-state index contributed by atoms with van der Waals surface area (Å²) in [6.07, 6.45) is 7.06. The van der Waals surface area contributed by atoms with E-state index in [-0.39, 0.29) is 0 Å². The van der Waals surface area contributed by atoms with E-state index in [1.165, 1.54) is 0 Å². The molecule has 0 aromatic carbocycles. The van der Waals surface area contributed by atoms with Crippen molar-refractivity contribution in [2.45, 2.75) is 20.0 Å². The van der Waals surface area contributed by atoms with Gasteiger partial charge in [-0.15, -0.1) is 0 Å². The fourth-order valence-corrected chi connectivity index (χ4v) is 2.63. The van der Waals surface area contributed by atoms with Gasteiger partial charge in [0.05, 0.1) is 30.3 Å². The number of H-pyrrole nitrogens is 1. The Labute approximate surface area is 148 Å². The molecule has 0 aliphatic carbocycles. The Balaban J connectivity index is 1.61. The van der Waals surface area contributed by atoms with Gasteiger partial charge in [-0.1, -0.05) is 0 Å². The number of anilines is 2. The molecule has 4 aromatic heterocycles. The van der Waals surface area contributed by atoms with Gasteiger partial charge in [0.15, 0.2) is 17.3 Å². The number of nitrogens with one attached hydrogen (secondary N) is 3. The third kappa shape index (κ3) is 2.93. The quantitative estimate of drug-likeness (QED) is 0.304. The highest BCUT2D eigenvalue weighted by Gasteiger charge is 2.11. The molecule has 0 bridgehead atoms. The minimum Gasteiger partial charge on any atom is -0.361 e. The fourth-order valence-electron chi connectivity index (χ4n) is 2.63. The first-order valence-electron chi connectivity index (χ1n) is 8.16. The second-order valence-electron chi connectivity index (χ2n) is 5.61. The van der Waals surface area contributed by atoms with Crippen molar-refractivity contribution in [2.24, 2.45) is 5.84 Å². The van der Waals surface area contributed by atoms with Gasteiger partial charge in [0.2, 0.25) is 0 Å². The van der Waals surface area contributed by atoms with Crippen LogP contribution in [0.1, 0.15) is 12.6 Å². The van der Waals surface area contributed by atoms with E-state index in [2.05, 4.69) is 41.0 Å². The molecule has 0 unspecified atom stereocenters. The van der Waals surface area contributed by atoms with Crippen molar-refractivity contribution < 1.29 is 0 Å². The Kier molecular flexibility index (Phi) is 4.15. The van der Waals surface area contributed by atoms with Crippen LogP contribution in [0, 0.1) is 0 Å². The van der Waals surface area contributed by atoms with Gasteiger partial charge < -0.3 is 10.7 Å². The summed E-state index contributed by atoms with van der Waals surface area (Å²) in [7, 11) is 0. The van der Waals surface area contributed by atoms with Crippen LogP contribution in [0.25, 0.3) is 22.3 Å². The first-order valence-corrected chi connectivity index (χ1v) is 8.16. The molecule has 0 aliphatic rings. The maximum atomic E-state index is 5.57. The average molecular weight is 350 g/mol. The number of nitrogens with zero attached hydrogens (tertiary/aromatic N) is 6. The zero-order valence-electron chi connectivity index (χ0n) is 14.1. The van der Waals surface area contributed by atoms with Gasteiger partial charge in [0.1, 0.15) is 0 Å². The van der Waals surface area contributed by atoms with E-state index in [1.807, 2.05) is 29.9 Å². The summed E-state index contributed by atoms with van der Waals surface area (Å²) in [5.41, 5.74) is 5.74. The summed E-state index contributed by atoms with van der Waals surface area (Å²) in [6.45, 7) is 3.30. The lowest BCUT2D eigenvalue weighted by Crippen LogP contribution is -2.13. The predicted octanol–water partition coefficient (Wildman–Crippen LogP) is 1.53. The van der Waals surface area contributed by atoms with Gasteiger partial charge in [-0.2, -0.15) is 10.2 Å². The summed E-state index contributed by atoms with van der Waals surface area (Å²) in [4.78, 5) is 13.2. The van der Waals surface area contributed by atoms with Crippen LogP contribution in [0.2, 0.25) is 0 Å². The summed E-state index contributed by atoms with van der Waals surface area (Å²) >= 11 is 0. The Morgan fingerprint density at radius 3 is 2.96 bits per heavy atom. The third-order valence-corrected chi connectivity index (χ3v) is 4.00. The van der Waals surface area contributed by atoms with Crippen molar-refractivity contribution in [1.82, 2.24) is 34.9 Å². The second-order valence-corrected chi connectivity index (χ2v) is 5.61. The number of pyridine rings is 1. The number of rotatable bonds is 6. The molecule has 0 atom stereocenters. The summed E-state index contributed by atoms with van der Waals surface area (Å²) < 4.78 is 1.84. The van der Waals surface area contributed by atoms with E-state index in [9.17, 15) is 0 Å². The molecule has 26 heavy (non-hydrogen) atoms. The highest BCUT2D eigenvalue weighted by atomic mass is 15.3. The van der Waals surface area contributed by atoms with Crippen LogP contribution < -0.4 is 16.6 Å². The molecule has 0 spiro atoms. The Hall–Kier alpha value is -3.53. The standard InChI is InChI=1S/C16H18N10/c1-2-26-9-10(6-21-26)12-7-20-16(23-17)15(22-12)19-8-13-11-4-3-5-18-14(11)25-24-13/h3-7,9H,2,8,17H2,1H3,(H,19,22)(H,20,23)(H,18,24,25). The second kappa shape index (κ2) is 6.76. The van der Waals surface area contributed by atoms with Crippen molar-refractivity contribution in [2.75, 3.05) is 10.7 Å². The maximum Gasteiger partial charge on any atom is 0.183 e. The summed E-state index contributed by atoms with van der Waals surface area (Å²) in [5.74, 6) is 6.56. The van der Waals surface area contributed by atoms with E-state index in [0.717, 1.165) is 23.2 Å². The highest BCUT2D eigenvalue weighted by molar-refractivity contribution is 5.77. The lowest BCUT2D eigenvalue weighted by molar-refractivity contribution is 0.660. The number of hydrogen-bond acceptors (Lipinski definition) is 8. The number of aryl methyl sites for hydroxylation is 1. The molecule has 0 radical (unpaired) electrons.